The van der Waals surface area contributed by atoms with Crippen LogP contribution in [0.4, 0.5) is 10.1 Å². The summed E-state index contributed by atoms with van der Waals surface area (Å²) >= 11 is 0. The highest BCUT2D eigenvalue weighted by Crippen LogP contribution is 2.25. The smallest absolute Gasteiger partial charge is 0.305 e. The van der Waals surface area contributed by atoms with E-state index in [9.17, 15) is 9.18 Å². The van der Waals surface area contributed by atoms with Crippen molar-refractivity contribution in [1.82, 2.24) is 4.98 Å². The van der Waals surface area contributed by atoms with E-state index in [1.165, 1.54) is 12.3 Å². The van der Waals surface area contributed by atoms with Gasteiger partial charge in [-0.05, 0) is 31.2 Å². The van der Waals surface area contributed by atoms with Crippen LogP contribution in [0.15, 0.2) is 48.7 Å². The van der Waals surface area contributed by atoms with Gasteiger partial charge in [0.15, 0.2) is 0 Å². The molecular weight excluding hydrogens is 271 g/mol. The van der Waals surface area contributed by atoms with Gasteiger partial charge in [-0.15, -0.1) is 0 Å². The van der Waals surface area contributed by atoms with Crippen molar-refractivity contribution in [3.63, 3.8) is 0 Å². The van der Waals surface area contributed by atoms with Crippen LogP contribution < -0.4 is 4.90 Å². The highest BCUT2D eigenvalue weighted by atomic mass is 19.1. The molecule has 5 heteroatoms. The predicted molar refractivity (Wildman–Crippen MR) is 78.7 cm³/mol. The number of carboxylic acids is 1. The van der Waals surface area contributed by atoms with Gasteiger partial charge < -0.3 is 10.0 Å². The minimum absolute atomic E-state index is 0.0282. The van der Waals surface area contributed by atoms with Crippen LogP contribution in [0.3, 0.4) is 0 Å². The van der Waals surface area contributed by atoms with E-state index in [4.69, 9.17) is 5.11 Å². The van der Waals surface area contributed by atoms with Crippen LogP contribution in [0.5, 0.6) is 0 Å². The molecule has 1 aromatic heterocycles. The van der Waals surface area contributed by atoms with Gasteiger partial charge in [0.2, 0.25) is 0 Å². The van der Waals surface area contributed by atoms with Crippen molar-refractivity contribution in [1.29, 1.82) is 0 Å². The van der Waals surface area contributed by atoms with E-state index >= 15 is 0 Å². The largest absolute Gasteiger partial charge is 0.481 e. The summed E-state index contributed by atoms with van der Waals surface area (Å²) in [6.45, 7) is 2.29. The average molecular weight is 288 g/mol. The van der Waals surface area contributed by atoms with E-state index < -0.39 is 5.97 Å². The molecule has 1 aromatic carbocycles. The number of hydrogen-bond acceptors (Lipinski definition) is 3. The quantitative estimate of drug-likeness (QED) is 0.886. The Morgan fingerprint density at radius 3 is 2.57 bits per heavy atom. The number of hydrogen-bond donors (Lipinski definition) is 1. The number of pyridine rings is 1. The summed E-state index contributed by atoms with van der Waals surface area (Å²) in [5, 5.41) is 8.91. The molecule has 1 heterocycles. The molecule has 2 aromatic rings. The zero-order chi connectivity index (χ0) is 15.2. The van der Waals surface area contributed by atoms with E-state index in [2.05, 4.69) is 4.98 Å². The van der Waals surface area contributed by atoms with Crippen LogP contribution in [0.25, 0.3) is 0 Å². The fourth-order valence-corrected chi connectivity index (χ4v) is 2.18. The first-order chi connectivity index (χ1) is 10.1. The van der Waals surface area contributed by atoms with Crippen LogP contribution in [0.1, 0.15) is 25.1 Å². The van der Waals surface area contributed by atoms with Gasteiger partial charge in [-0.1, -0.05) is 18.2 Å². The summed E-state index contributed by atoms with van der Waals surface area (Å²) in [5.41, 5.74) is 1.61. The zero-order valence-corrected chi connectivity index (χ0v) is 11.7. The summed E-state index contributed by atoms with van der Waals surface area (Å²) < 4.78 is 13.0. The molecule has 0 saturated heterocycles. The van der Waals surface area contributed by atoms with Crippen LogP contribution in [-0.2, 0) is 4.79 Å². The number of rotatable bonds is 6. The highest BCUT2D eigenvalue weighted by Gasteiger charge is 2.18. The Morgan fingerprint density at radius 2 is 2.00 bits per heavy atom. The lowest BCUT2D eigenvalue weighted by atomic mass is 10.1. The van der Waals surface area contributed by atoms with E-state index in [0.29, 0.717) is 12.2 Å². The Balaban J connectivity index is 2.25. The number of carboxylic acid groups (broad SMARTS) is 1. The van der Waals surface area contributed by atoms with Gasteiger partial charge in [-0.3, -0.25) is 9.78 Å². The lowest BCUT2D eigenvalue weighted by molar-refractivity contribution is -0.136. The fourth-order valence-electron chi connectivity index (χ4n) is 2.18. The first-order valence-electron chi connectivity index (χ1n) is 6.73. The third-order valence-corrected chi connectivity index (χ3v) is 3.30. The van der Waals surface area contributed by atoms with E-state index in [1.807, 2.05) is 42.2 Å². The molecule has 0 radical (unpaired) electrons. The Labute approximate surface area is 122 Å². The molecule has 0 aliphatic heterocycles. The van der Waals surface area contributed by atoms with Crippen molar-refractivity contribution in [2.24, 2.45) is 0 Å². The molecular formula is C16H17FN2O2. The van der Waals surface area contributed by atoms with Crippen molar-refractivity contribution in [3.05, 3.63) is 60.2 Å². The van der Waals surface area contributed by atoms with Gasteiger partial charge in [0.25, 0.3) is 0 Å². The minimum Gasteiger partial charge on any atom is -0.481 e. The van der Waals surface area contributed by atoms with Gasteiger partial charge in [0, 0.05) is 12.2 Å². The fraction of sp³-hybridized carbons (Fsp3) is 0.250. The Morgan fingerprint density at radius 1 is 1.29 bits per heavy atom. The van der Waals surface area contributed by atoms with Gasteiger partial charge in [0.05, 0.1) is 24.4 Å². The number of para-hydroxylation sites is 1. The van der Waals surface area contributed by atoms with Crippen LogP contribution >= 0.6 is 0 Å². The van der Waals surface area contributed by atoms with Crippen LogP contribution in [0, 0.1) is 5.82 Å². The third-order valence-electron chi connectivity index (χ3n) is 3.30. The Bertz CT molecular complexity index is 587. The normalized spacial score (nSPS) is 11.9. The average Bonchev–Trinajstić information content (AvgIpc) is 2.49. The second-order valence-corrected chi connectivity index (χ2v) is 4.75. The van der Waals surface area contributed by atoms with Crippen molar-refractivity contribution in [2.45, 2.75) is 19.4 Å². The minimum atomic E-state index is -0.852. The number of aliphatic carboxylic acids is 1. The highest BCUT2D eigenvalue weighted by molar-refractivity contribution is 5.67. The van der Waals surface area contributed by atoms with E-state index in [-0.39, 0.29) is 18.3 Å². The van der Waals surface area contributed by atoms with E-state index in [1.54, 1.807) is 6.07 Å². The lowest BCUT2D eigenvalue weighted by Crippen LogP contribution is -2.29. The number of nitrogens with zero attached hydrogens (tertiary/aromatic N) is 2. The van der Waals surface area contributed by atoms with Crippen molar-refractivity contribution in [3.8, 4) is 0 Å². The number of halogens is 1. The molecule has 0 aliphatic rings. The molecule has 0 saturated carbocycles. The van der Waals surface area contributed by atoms with Gasteiger partial charge in [0.1, 0.15) is 5.82 Å². The second-order valence-electron chi connectivity index (χ2n) is 4.75. The predicted octanol–water partition coefficient (Wildman–Crippen LogP) is 3.26. The van der Waals surface area contributed by atoms with Crippen LogP contribution in [-0.4, -0.2) is 22.6 Å². The molecule has 0 spiro atoms. The first kappa shape index (κ1) is 15.0. The summed E-state index contributed by atoms with van der Waals surface area (Å²) in [4.78, 5) is 16.9. The van der Waals surface area contributed by atoms with Crippen molar-refractivity contribution in [2.75, 3.05) is 11.4 Å². The SMILES string of the molecule is CC(c1ccc(F)cn1)N(CCC(=O)O)c1ccccc1. The molecule has 0 amide bonds. The molecule has 4 nitrogen and oxygen atoms in total. The van der Waals surface area contributed by atoms with Gasteiger partial charge >= 0.3 is 5.97 Å². The number of aromatic nitrogens is 1. The Kier molecular flexibility index (Phi) is 4.87. The van der Waals surface area contributed by atoms with Crippen LogP contribution in [0.2, 0.25) is 0 Å². The monoisotopic (exact) mass is 288 g/mol. The molecule has 0 aliphatic carbocycles. The summed E-state index contributed by atoms with van der Waals surface area (Å²) in [6, 6.07) is 12.4. The summed E-state index contributed by atoms with van der Waals surface area (Å²) in [5.74, 6) is -1.24. The maximum absolute atomic E-state index is 13.0. The summed E-state index contributed by atoms with van der Waals surface area (Å²) in [7, 11) is 0. The topological polar surface area (TPSA) is 53.4 Å². The third kappa shape index (κ3) is 4.02. The molecule has 1 unspecified atom stereocenters. The van der Waals surface area contributed by atoms with Gasteiger partial charge in [-0.25, -0.2) is 4.39 Å². The zero-order valence-electron chi connectivity index (χ0n) is 11.7. The molecule has 0 bridgehead atoms. The molecule has 2 rings (SSSR count). The number of anilines is 1. The molecule has 0 fully saturated rings. The van der Waals surface area contributed by atoms with Crippen molar-refractivity contribution >= 4 is 11.7 Å². The second kappa shape index (κ2) is 6.83. The number of benzene rings is 1. The maximum atomic E-state index is 13.0. The number of carbonyl (C=O) groups is 1. The molecule has 110 valence electrons. The molecule has 1 N–H and O–H groups in total. The standard InChI is InChI=1S/C16H17FN2O2/c1-12(15-8-7-13(17)11-18-15)19(10-9-16(20)21)14-5-3-2-4-6-14/h2-8,11-12H,9-10H2,1H3,(H,20,21). The Hall–Kier alpha value is -2.43. The van der Waals surface area contributed by atoms with Crippen molar-refractivity contribution < 1.29 is 14.3 Å². The molecule has 1 atom stereocenters. The van der Waals surface area contributed by atoms with Gasteiger partial charge in [-0.2, -0.15) is 0 Å². The lowest BCUT2D eigenvalue weighted by Gasteiger charge is -2.30. The first-order valence-corrected chi connectivity index (χ1v) is 6.73. The maximum Gasteiger partial charge on any atom is 0.305 e. The molecule has 21 heavy (non-hydrogen) atoms. The summed E-state index contributed by atoms with van der Waals surface area (Å²) in [6.07, 6.45) is 1.20. The van der Waals surface area contributed by atoms with E-state index in [0.717, 1.165) is 5.69 Å².